The van der Waals surface area contributed by atoms with Crippen LogP contribution in [0.15, 0.2) is 59.1 Å². The molecule has 0 saturated carbocycles. The fourth-order valence-corrected chi connectivity index (χ4v) is 4.05. The summed E-state index contributed by atoms with van der Waals surface area (Å²) in [6, 6.07) is 17.1. The molecule has 0 atom stereocenters. The average Bonchev–Trinajstić information content (AvgIpc) is 3.27. The Kier molecular flexibility index (Phi) is 6.89. The number of likely N-dealkylation sites (tertiary alicyclic amines) is 1. The summed E-state index contributed by atoms with van der Waals surface area (Å²) >= 11 is 5.98. The number of halogens is 1. The second-order valence-corrected chi connectivity index (χ2v) is 8.26. The molecule has 0 unspecified atom stereocenters. The van der Waals surface area contributed by atoms with Gasteiger partial charge in [-0.25, -0.2) is 0 Å². The van der Waals surface area contributed by atoms with Gasteiger partial charge in [-0.3, -0.25) is 9.69 Å². The molecule has 1 fully saturated rings. The first kappa shape index (κ1) is 21.4. The molecular weight excluding hydrogens is 414 g/mol. The number of piperidine rings is 1. The highest BCUT2D eigenvalue weighted by molar-refractivity contribution is 6.30. The molecule has 31 heavy (non-hydrogen) atoms. The van der Waals surface area contributed by atoms with Crippen LogP contribution < -0.4 is 10.1 Å². The van der Waals surface area contributed by atoms with E-state index in [9.17, 15) is 4.79 Å². The van der Waals surface area contributed by atoms with E-state index in [0.29, 0.717) is 28.8 Å². The van der Waals surface area contributed by atoms with Crippen molar-refractivity contribution in [3.63, 3.8) is 0 Å². The highest BCUT2D eigenvalue weighted by Gasteiger charge is 2.22. The first-order valence-electron chi connectivity index (χ1n) is 10.5. The molecule has 6 nitrogen and oxygen atoms in total. The predicted molar refractivity (Wildman–Crippen MR) is 120 cm³/mol. The number of methoxy groups -OCH3 is 1. The third kappa shape index (κ3) is 5.46. The molecule has 162 valence electrons. The largest absolute Gasteiger partial charge is 0.496 e. The summed E-state index contributed by atoms with van der Waals surface area (Å²) in [5.74, 6) is 1.68. The third-order valence-corrected chi connectivity index (χ3v) is 5.91. The number of benzene rings is 2. The van der Waals surface area contributed by atoms with Crippen LogP contribution in [-0.2, 0) is 6.54 Å². The minimum atomic E-state index is -0.133. The lowest BCUT2D eigenvalue weighted by molar-refractivity contribution is 0.0930. The van der Waals surface area contributed by atoms with E-state index in [2.05, 4.69) is 15.4 Å². The molecule has 0 radical (unpaired) electrons. The van der Waals surface area contributed by atoms with Crippen LogP contribution in [0.5, 0.6) is 5.75 Å². The minimum absolute atomic E-state index is 0.133. The normalized spacial score (nSPS) is 15.0. The number of nitrogens with zero attached hydrogens (tertiary/aromatic N) is 2. The van der Waals surface area contributed by atoms with Crippen LogP contribution >= 0.6 is 11.6 Å². The SMILES string of the molecule is COc1cc(Cl)ccc1C(=O)NCC1CCN(Cc2cc(-c3ccccc3)no2)CC1. The highest BCUT2D eigenvalue weighted by Crippen LogP contribution is 2.24. The molecule has 1 saturated heterocycles. The number of hydrogen-bond donors (Lipinski definition) is 1. The number of nitrogens with one attached hydrogen (secondary N) is 1. The van der Waals surface area contributed by atoms with E-state index in [-0.39, 0.29) is 5.91 Å². The lowest BCUT2D eigenvalue weighted by Gasteiger charge is -2.31. The molecule has 1 N–H and O–H groups in total. The maximum absolute atomic E-state index is 12.5. The van der Waals surface area contributed by atoms with Gasteiger partial charge in [0.05, 0.1) is 19.2 Å². The van der Waals surface area contributed by atoms with Gasteiger partial charge in [-0.1, -0.05) is 47.1 Å². The predicted octanol–water partition coefficient (Wildman–Crippen LogP) is 4.65. The Morgan fingerprint density at radius 3 is 2.71 bits per heavy atom. The van der Waals surface area contributed by atoms with Crippen molar-refractivity contribution >= 4 is 17.5 Å². The average molecular weight is 440 g/mol. The summed E-state index contributed by atoms with van der Waals surface area (Å²) in [5.41, 5.74) is 2.43. The van der Waals surface area contributed by atoms with Crippen molar-refractivity contribution < 1.29 is 14.1 Å². The third-order valence-electron chi connectivity index (χ3n) is 5.67. The van der Waals surface area contributed by atoms with Gasteiger partial charge in [-0.15, -0.1) is 0 Å². The molecule has 0 spiro atoms. The van der Waals surface area contributed by atoms with Crippen molar-refractivity contribution in [2.75, 3.05) is 26.7 Å². The van der Waals surface area contributed by atoms with Crippen molar-refractivity contribution in [2.24, 2.45) is 5.92 Å². The summed E-state index contributed by atoms with van der Waals surface area (Å²) in [5, 5.41) is 7.78. The van der Waals surface area contributed by atoms with Gasteiger partial charge in [0.1, 0.15) is 11.4 Å². The molecule has 1 aliphatic rings. The summed E-state index contributed by atoms with van der Waals surface area (Å²) in [6.45, 7) is 3.33. The number of carbonyl (C=O) groups is 1. The number of ether oxygens (including phenoxy) is 1. The molecule has 1 aliphatic heterocycles. The van der Waals surface area contributed by atoms with Crippen LogP contribution in [-0.4, -0.2) is 42.7 Å². The van der Waals surface area contributed by atoms with Gasteiger partial charge < -0.3 is 14.6 Å². The van der Waals surface area contributed by atoms with Crippen molar-refractivity contribution in [1.29, 1.82) is 0 Å². The zero-order chi connectivity index (χ0) is 21.6. The topological polar surface area (TPSA) is 67.6 Å². The van der Waals surface area contributed by atoms with Gasteiger partial charge in [-0.2, -0.15) is 0 Å². The molecule has 1 amide bonds. The Bertz CT molecular complexity index is 1010. The molecular formula is C24H26ClN3O3. The summed E-state index contributed by atoms with van der Waals surface area (Å²) in [6.07, 6.45) is 2.05. The molecule has 1 aromatic heterocycles. The van der Waals surface area contributed by atoms with Crippen LogP contribution in [0.2, 0.25) is 5.02 Å². The van der Waals surface area contributed by atoms with Crippen molar-refractivity contribution in [3.05, 3.63) is 70.9 Å². The smallest absolute Gasteiger partial charge is 0.255 e. The Morgan fingerprint density at radius 1 is 1.19 bits per heavy atom. The first-order chi connectivity index (χ1) is 15.1. The zero-order valence-electron chi connectivity index (χ0n) is 17.5. The second-order valence-electron chi connectivity index (χ2n) is 7.82. The maximum Gasteiger partial charge on any atom is 0.255 e. The van der Waals surface area contributed by atoms with E-state index in [0.717, 1.165) is 49.5 Å². The molecule has 0 bridgehead atoms. The minimum Gasteiger partial charge on any atom is -0.496 e. The van der Waals surface area contributed by atoms with Gasteiger partial charge in [0.2, 0.25) is 0 Å². The number of aromatic nitrogens is 1. The Labute approximate surface area is 187 Å². The van der Waals surface area contributed by atoms with Crippen LogP contribution in [0.1, 0.15) is 29.0 Å². The zero-order valence-corrected chi connectivity index (χ0v) is 18.3. The quantitative estimate of drug-likeness (QED) is 0.580. The lowest BCUT2D eigenvalue weighted by Crippen LogP contribution is -2.38. The maximum atomic E-state index is 12.5. The van der Waals surface area contributed by atoms with Gasteiger partial charge >= 0.3 is 0 Å². The van der Waals surface area contributed by atoms with Crippen LogP contribution in [0.25, 0.3) is 11.3 Å². The lowest BCUT2D eigenvalue weighted by atomic mass is 9.96. The molecule has 3 aromatic rings. The van der Waals surface area contributed by atoms with Gasteiger partial charge in [0.15, 0.2) is 5.76 Å². The van der Waals surface area contributed by atoms with Crippen LogP contribution in [0, 0.1) is 5.92 Å². The molecule has 4 rings (SSSR count). The van der Waals surface area contributed by atoms with Gasteiger partial charge in [0.25, 0.3) is 5.91 Å². The van der Waals surface area contributed by atoms with Crippen LogP contribution in [0.4, 0.5) is 0 Å². The molecule has 0 aliphatic carbocycles. The molecule has 2 aromatic carbocycles. The number of hydrogen-bond acceptors (Lipinski definition) is 5. The first-order valence-corrected chi connectivity index (χ1v) is 10.9. The second kappa shape index (κ2) is 9.98. The summed E-state index contributed by atoms with van der Waals surface area (Å²) in [7, 11) is 1.54. The summed E-state index contributed by atoms with van der Waals surface area (Å²) in [4.78, 5) is 14.9. The fourth-order valence-electron chi connectivity index (χ4n) is 3.89. The van der Waals surface area contributed by atoms with E-state index in [1.165, 1.54) is 7.11 Å². The summed E-state index contributed by atoms with van der Waals surface area (Å²) < 4.78 is 10.8. The van der Waals surface area contributed by atoms with Crippen LogP contribution in [0.3, 0.4) is 0 Å². The van der Waals surface area contributed by atoms with Gasteiger partial charge in [0, 0.05) is 23.2 Å². The fraction of sp³-hybridized carbons (Fsp3) is 0.333. The van der Waals surface area contributed by atoms with E-state index in [4.69, 9.17) is 20.9 Å². The standard InChI is InChI=1S/C24H26ClN3O3/c1-30-23-13-19(25)7-8-21(23)24(29)26-15-17-9-11-28(12-10-17)16-20-14-22(27-31-20)18-5-3-2-4-6-18/h2-8,13-14,17H,9-12,15-16H2,1H3,(H,26,29). The highest BCUT2D eigenvalue weighted by atomic mass is 35.5. The van der Waals surface area contributed by atoms with E-state index in [1.54, 1.807) is 18.2 Å². The van der Waals surface area contributed by atoms with Crippen molar-refractivity contribution in [2.45, 2.75) is 19.4 Å². The van der Waals surface area contributed by atoms with E-state index >= 15 is 0 Å². The Morgan fingerprint density at radius 2 is 1.97 bits per heavy atom. The Hall–Kier alpha value is -2.83. The Balaban J connectivity index is 1.24. The number of amides is 1. The number of rotatable bonds is 7. The number of carbonyl (C=O) groups excluding carboxylic acids is 1. The monoisotopic (exact) mass is 439 g/mol. The van der Waals surface area contributed by atoms with E-state index < -0.39 is 0 Å². The van der Waals surface area contributed by atoms with E-state index in [1.807, 2.05) is 36.4 Å². The van der Waals surface area contributed by atoms with Crippen molar-refractivity contribution in [3.8, 4) is 17.0 Å². The molecule has 7 heteroatoms. The van der Waals surface area contributed by atoms with Crippen molar-refractivity contribution in [1.82, 2.24) is 15.4 Å². The molecule has 2 heterocycles. The van der Waals surface area contributed by atoms with Gasteiger partial charge in [-0.05, 0) is 50.0 Å².